The Balaban J connectivity index is 1.74. The minimum Gasteiger partial charge on any atom is -0.478 e. The zero-order chi connectivity index (χ0) is 18.0. The maximum Gasteiger partial charge on any atom is 0.335 e. The molecule has 1 aliphatic heterocycles. The number of likely N-dealkylation sites (tertiary alicyclic amines) is 1. The van der Waals surface area contributed by atoms with Gasteiger partial charge in [-0.25, -0.2) is 9.18 Å². The average Bonchev–Trinajstić information content (AvgIpc) is 2.61. The van der Waals surface area contributed by atoms with Gasteiger partial charge in [0, 0.05) is 13.1 Å². The number of carbonyl (C=O) groups excluding carboxylic acids is 1. The van der Waals surface area contributed by atoms with Gasteiger partial charge < -0.3 is 10.0 Å². The average molecular weight is 341 g/mol. The smallest absolute Gasteiger partial charge is 0.335 e. The van der Waals surface area contributed by atoms with Crippen molar-refractivity contribution in [3.8, 4) is 0 Å². The second-order valence-electron chi connectivity index (χ2n) is 6.53. The van der Waals surface area contributed by atoms with Crippen LogP contribution in [0.2, 0.25) is 0 Å². The summed E-state index contributed by atoms with van der Waals surface area (Å²) in [5, 5.41) is 8.90. The molecule has 2 unspecified atom stereocenters. The summed E-state index contributed by atoms with van der Waals surface area (Å²) in [6.07, 6.45) is 0.825. The molecule has 5 heteroatoms. The third-order valence-corrected chi connectivity index (χ3v) is 4.87. The van der Waals surface area contributed by atoms with Crippen molar-refractivity contribution >= 4 is 11.9 Å². The zero-order valence-corrected chi connectivity index (χ0v) is 14.0. The van der Waals surface area contributed by atoms with Crippen LogP contribution in [0.4, 0.5) is 4.39 Å². The van der Waals surface area contributed by atoms with Crippen molar-refractivity contribution in [3.05, 3.63) is 71.0 Å². The Morgan fingerprint density at radius 3 is 2.48 bits per heavy atom. The number of nitrogens with zero attached hydrogens (tertiary/aromatic N) is 1. The van der Waals surface area contributed by atoms with Gasteiger partial charge in [-0.2, -0.15) is 0 Å². The fourth-order valence-electron chi connectivity index (χ4n) is 3.52. The summed E-state index contributed by atoms with van der Waals surface area (Å²) < 4.78 is 14.1. The number of carboxylic acid groups (broad SMARTS) is 1. The molecule has 2 aromatic rings. The van der Waals surface area contributed by atoms with Gasteiger partial charge in [-0.05, 0) is 42.0 Å². The number of amides is 1. The van der Waals surface area contributed by atoms with E-state index in [1.165, 1.54) is 17.7 Å². The molecule has 130 valence electrons. The number of halogens is 1. The molecular weight excluding hydrogens is 321 g/mol. The highest BCUT2D eigenvalue weighted by molar-refractivity contribution is 5.96. The molecule has 0 spiro atoms. The van der Waals surface area contributed by atoms with Crippen LogP contribution in [0.25, 0.3) is 0 Å². The standard InChI is InChI=1S/C20H20FNO3/c1-13-12-22(10-9-16(13)14-5-3-2-4-6-14)19(23)17-8-7-15(20(24)25)11-18(17)21/h2-8,11,13,16H,9-10,12H2,1H3,(H,24,25). The highest BCUT2D eigenvalue weighted by Crippen LogP contribution is 2.33. The summed E-state index contributed by atoms with van der Waals surface area (Å²) in [5.41, 5.74) is 1.03. The Labute approximate surface area is 145 Å². The molecular formula is C20H20FNO3. The number of carbonyl (C=O) groups is 2. The van der Waals surface area contributed by atoms with E-state index in [0.717, 1.165) is 12.5 Å². The molecule has 1 amide bonds. The van der Waals surface area contributed by atoms with Crippen molar-refractivity contribution in [2.24, 2.45) is 5.92 Å². The lowest BCUT2D eigenvalue weighted by Crippen LogP contribution is -2.42. The number of benzene rings is 2. The minimum absolute atomic E-state index is 0.0737. The van der Waals surface area contributed by atoms with Crippen molar-refractivity contribution in [1.29, 1.82) is 0 Å². The summed E-state index contributed by atoms with van der Waals surface area (Å²) in [4.78, 5) is 25.2. The van der Waals surface area contributed by atoms with Crippen LogP contribution in [0.5, 0.6) is 0 Å². The highest BCUT2D eigenvalue weighted by atomic mass is 19.1. The van der Waals surface area contributed by atoms with Gasteiger partial charge in [0.1, 0.15) is 5.82 Å². The van der Waals surface area contributed by atoms with E-state index in [9.17, 15) is 14.0 Å². The molecule has 4 nitrogen and oxygen atoms in total. The van der Waals surface area contributed by atoms with Gasteiger partial charge in [-0.3, -0.25) is 4.79 Å². The number of rotatable bonds is 3. The van der Waals surface area contributed by atoms with E-state index in [4.69, 9.17) is 5.11 Å². The van der Waals surface area contributed by atoms with E-state index in [0.29, 0.717) is 19.0 Å². The Bertz CT molecular complexity index is 791. The van der Waals surface area contributed by atoms with Gasteiger partial charge in [0.15, 0.2) is 0 Å². The topological polar surface area (TPSA) is 57.6 Å². The molecule has 2 atom stereocenters. The summed E-state index contributed by atoms with van der Waals surface area (Å²) in [5.74, 6) is -1.74. The molecule has 1 aliphatic rings. The van der Waals surface area contributed by atoms with Crippen molar-refractivity contribution in [2.75, 3.05) is 13.1 Å². The van der Waals surface area contributed by atoms with Crippen LogP contribution in [0, 0.1) is 11.7 Å². The second kappa shape index (κ2) is 7.05. The van der Waals surface area contributed by atoms with E-state index >= 15 is 0 Å². The summed E-state index contributed by atoms with van der Waals surface area (Å²) in [6, 6.07) is 13.6. The van der Waals surface area contributed by atoms with Crippen LogP contribution in [0.3, 0.4) is 0 Å². The number of carboxylic acids is 1. The molecule has 1 saturated heterocycles. The van der Waals surface area contributed by atoms with E-state index in [1.807, 2.05) is 18.2 Å². The van der Waals surface area contributed by atoms with Crippen LogP contribution >= 0.6 is 0 Å². The number of piperidine rings is 1. The van der Waals surface area contributed by atoms with Crippen molar-refractivity contribution in [1.82, 2.24) is 4.90 Å². The van der Waals surface area contributed by atoms with E-state index < -0.39 is 11.8 Å². The van der Waals surface area contributed by atoms with Crippen molar-refractivity contribution in [3.63, 3.8) is 0 Å². The van der Waals surface area contributed by atoms with Crippen molar-refractivity contribution in [2.45, 2.75) is 19.3 Å². The second-order valence-corrected chi connectivity index (χ2v) is 6.53. The Hall–Kier alpha value is -2.69. The Morgan fingerprint density at radius 2 is 1.88 bits per heavy atom. The minimum atomic E-state index is -1.21. The van der Waals surface area contributed by atoms with Gasteiger partial charge in [-0.1, -0.05) is 37.3 Å². The first kappa shape index (κ1) is 17.1. The van der Waals surface area contributed by atoms with Gasteiger partial charge >= 0.3 is 5.97 Å². The van der Waals surface area contributed by atoms with E-state index in [-0.39, 0.29) is 23.0 Å². The lowest BCUT2D eigenvalue weighted by Gasteiger charge is -2.37. The predicted molar refractivity (Wildman–Crippen MR) is 92.2 cm³/mol. The van der Waals surface area contributed by atoms with Gasteiger partial charge in [0.25, 0.3) is 5.91 Å². The summed E-state index contributed by atoms with van der Waals surface area (Å²) in [6.45, 7) is 3.21. The van der Waals surface area contributed by atoms with Crippen molar-refractivity contribution < 1.29 is 19.1 Å². The molecule has 0 aromatic heterocycles. The zero-order valence-electron chi connectivity index (χ0n) is 14.0. The molecule has 3 rings (SSSR count). The SMILES string of the molecule is CC1CN(C(=O)c2ccc(C(=O)O)cc2F)CCC1c1ccccc1. The quantitative estimate of drug-likeness (QED) is 0.924. The molecule has 1 heterocycles. The van der Waals surface area contributed by atoms with Gasteiger partial charge in [0.05, 0.1) is 11.1 Å². The molecule has 0 aliphatic carbocycles. The predicted octanol–water partition coefficient (Wildman–Crippen LogP) is 3.79. The van der Waals surface area contributed by atoms with Gasteiger partial charge in [-0.15, -0.1) is 0 Å². The Morgan fingerprint density at radius 1 is 1.16 bits per heavy atom. The van der Waals surface area contributed by atoms with E-state index in [1.54, 1.807) is 4.90 Å². The third kappa shape index (κ3) is 3.55. The maximum atomic E-state index is 14.1. The first-order valence-electron chi connectivity index (χ1n) is 8.34. The molecule has 1 fully saturated rings. The molecule has 0 saturated carbocycles. The molecule has 25 heavy (non-hydrogen) atoms. The van der Waals surface area contributed by atoms with Crippen LogP contribution in [-0.4, -0.2) is 35.0 Å². The normalized spacial score (nSPS) is 20.3. The summed E-state index contributed by atoms with van der Waals surface area (Å²) >= 11 is 0. The fraction of sp³-hybridized carbons (Fsp3) is 0.300. The monoisotopic (exact) mass is 341 g/mol. The van der Waals surface area contributed by atoms with Crippen LogP contribution in [0.15, 0.2) is 48.5 Å². The molecule has 0 radical (unpaired) electrons. The number of aromatic carboxylic acids is 1. The summed E-state index contributed by atoms with van der Waals surface area (Å²) in [7, 11) is 0. The fourth-order valence-corrected chi connectivity index (χ4v) is 3.52. The molecule has 1 N–H and O–H groups in total. The first-order chi connectivity index (χ1) is 12.0. The van der Waals surface area contributed by atoms with Gasteiger partial charge in [0.2, 0.25) is 0 Å². The Kier molecular flexibility index (Phi) is 4.83. The lowest BCUT2D eigenvalue weighted by molar-refractivity contribution is 0.0651. The third-order valence-electron chi connectivity index (χ3n) is 4.87. The highest BCUT2D eigenvalue weighted by Gasteiger charge is 2.31. The lowest BCUT2D eigenvalue weighted by atomic mass is 9.81. The van der Waals surface area contributed by atoms with Crippen LogP contribution in [-0.2, 0) is 0 Å². The number of hydrogen-bond donors (Lipinski definition) is 1. The van der Waals surface area contributed by atoms with Crippen LogP contribution in [0.1, 0.15) is 45.5 Å². The molecule has 2 aromatic carbocycles. The number of hydrogen-bond acceptors (Lipinski definition) is 2. The van der Waals surface area contributed by atoms with E-state index in [2.05, 4.69) is 19.1 Å². The largest absolute Gasteiger partial charge is 0.478 e. The van der Waals surface area contributed by atoms with Crippen LogP contribution < -0.4 is 0 Å². The maximum absolute atomic E-state index is 14.1. The first-order valence-corrected chi connectivity index (χ1v) is 8.34. The molecule has 0 bridgehead atoms.